The Hall–Kier alpha value is -2.30. The molecule has 1 aromatic heterocycles. The van der Waals surface area contributed by atoms with Gasteiger partial charge in [0.25, 0.3) is 0 Å². The first-order chi connectivity index (χ1) is 8.08. The first-order valence-electron chi connectivity index (χ1n) is 5.14. The fourth-order valence-electron chi connectivity index (χ4n) is 1.37. The van der Waals surface area contributed by atoms with Gasteiger partial charge in [0.2, 0.25) is 0 Å². The number of ether oxygens (including phenoxy) is 1. The van der Waals surface area contributed by atoms with Crippen molar-refractivity contribution < 1.29 is 9.53 Å². The fraction of sp³-hybridized carbons (Fsp3) is 0.167. The first kappa shape index (κ1) is 11.2. The fourth-order valence-corrected chi connectivity index (χ4v) is 1.37. The van der Waals surface area contributed by atoms with Gasteiger partial charge in [0.05, 0.1) is 6.20 Å². The highest BCUT2D eigenvalue weighted by Gasteiger charge is 2.15. The molecule has 0 aliphatic heterocycles. The van der Waals surface area contributed by atoms with Gasteiger partial charge in [0.1, 0.15) is 17.1 Å². The van der Waals surface area contributed by atoms with E-state index in [0.29, 0.717) is 11.6 Å². The standard InChI is InChI=1S/C12H13N3O2/c1-8-3-5-9(6-4-8)17-12(16)10-7-14-15(2)11(10)13/h3-7H,13H2,1-2H3. The molecular formula is C12H13N3O2. The van der Waals surface area contributed by atoms with Gasteiger partial charge >= 0.3 is 5.97 Å². The van der Waals surface area contributed by atoms with E-state index in [4.69, 9.17) is 10.5 Å². The highest BCUT2D eigenvalue weighted by molar-refractivity contribution is 5.95. The molecule has 5 nitrogen and oxygen atoms in total. The van der Waals surface area contributed by atoms with Crippen molar-refractivity contribution in [3.05, 3.63) is 41.6 Å². The second-order valence-corrected chi connectivity index (χ2v) is 3.77. The quantitative estimate of drug-likeness (QED) is 0.628. The summed E-state index contributed by atoms with van der Waals surface area (Å²) in [6, 6.07) is 7.21. The normalized spacial score (nSPS) is 10.2. The number of aryl methyl sites for hydroxylation is 2. The summed E-state index contributed by atoms with van der Waals surface area (Å²) < 4.78 is 6.60. The van der Waals surface area contributed by atoms with E-state index in [-0.39, 0.29) is 5.56 Å². The van der Waals surface area contributed by atoms with E-state index in [1.165, 1.54) is 10.9 Å². The van der Waals surface area contributed by atoms with Crippen LogP contribution in [0.2, 0.25) is 0 Å². The Labute approximate surface area is 98.8 Å². The van der Waals surface area contributed by atoms with Crippen LogP contribution in [0.1, 0.15) is 15.9 Å². The maximum absolute atomic E-state index is 11.8. The summed E-state index contributed by atoms with van der Waals surface area (Å²) in [7, 11) is 1.66. The third-order valence-corrected chi connectivity index (χ3v) is 2.44. The van der Waals surface area contributed by atoms with Crippen molar-refractivity contribution in [1.29, 1.82) is 0 Å². The van der Waals surface area contributed by atoms with Crippen molar-refractivity contribution >= 4 is 11.8 Å². The van der Waals surface area contributed by atoms with Gasteiger partial charge in [0.15, 0.2) is 0 Å². The molecule has 17 heavy (non-hydrogen) atoms. The molecule has 0 spiro atoms. The number of benzene rings is 1. The molecule has 0 aliphatic carbocycles. The van der Waals surface area contributed by atoms with E-state index in [0.717, 1.165) is 5.56 Å². The molecule has 0 radical (unpaired) electrons. The first-order valence-corrected chi connectivity index (χ1v) is 5.14. The molecule has 1 aromatic carbocycles. The van der Waals surface area contributed by atoms with Crippen molar-refractivity contribution in [3.63, 3.8) is 0 Å². The van der Waals surface area contributed by atoms with Crippen LogP contribution in [-0.2, 0) is 7.05 Å². The Bertz CT molecular complexity index is 543. The average Bonchev–Trinajstić information content (AvgIpc) is 2.63. The summed E-state index contributed by atoms with van der Waals surface area (Å²) in [4.78, 5) is 11.8. The Morgan fingerprint density at radius 1 is 1.35 bits per heavy atom. The monoisotopic (exact) mass is 231 g/mol. The minimum atomic E-state index is -0.501. The molecule has 0 atom stereocenters. The van der Waals surface area contributed by atoms with E-state index in [1.54, 1.807) is 19.2 Å². The number of hydrogen-bond donors (Lipinski definition) is 1. The number of aromatic nitrogens is 2. The van der Waals surface area contributed by atoms with Crippen LogP contribution < -0.4 is 10.5 Å². The number of carbonyl (C=O) groups is 1. The number of esters is 1. The van der Waals surface area contributed by atoms with Crippen LogP contribution in [0.4, 0.5) is 5.82 Å². The Kier molecular flexibility index (Phi) is 2.82. The number of carbonyl (C=O) groups excluding carboxylic acids is 1. The molecule has 88 valence electrons. The number of nitrogens with zero attached hydrogens (tertiary/aromatic N) is 2. The lowest BCUT2D eigenvalue weighted by Gasteiger charge is -2.03. The van der Waals surface area contributed by atoms with E-state index in [1.807, 2.05) is 19.1 Å². The Balaban J connectivity index is 2.17. The van der Waals surface area contributed by atoms with E-state index in [9.17, 15) is 4.79 Å². The van der Waals surface area contributed by atoms with E-state index in [2.05, 4.69) is 5.10 Å². The van der Waals surface area contributed by atoms with Crippen molar-refractivity contribution in [1.82, 2.24) is 9.78 Å². The van der Waals surface area contributed by atoms with E-state index < -0.39 is 5.97 Å². The topological polar surface area (TPSA) is 70.1 Å². The van der Waals surface area contributed by atoms with Gasteiger partial charge in [-0.15, -0.1) is 0 Å². The van der Waals surface area contributed by atoms with Gasteiger partial charge in [-0.25, -0.2) is 4.79 Å². The molecular weight excluding hydrogens is 218 g/mol. The molecule has 2 rings (SSSR count). The zero-order valence-electron chi connectivity index (χ0n) is 9.68. The van der Waals surface area contributed by atoms with Crippen molar-refractivity contribution in [2.45, 2.75) is 6.92 Å². The molecule has 0 amide bonds. The van der Waals surface area contributed by atoms with Crippen LogP contribution in [0.15, 0.2) is 30.5 Å². The lowest BCUT2D eigenvalue weighted by Crippen LogP contribution is -2.11. The lowest BCUT2D eigenvalue weighted by atomic mass is 10.2. The van der Waals surface area contributed by atoms with Crippen molar-refractivity contribution in [2.24, 2.45) is 7.05 Å². The highest BCUT2D eigenvalue weighted by Crippen LogP contribution is 2.16. The SMILES string of the molecule is Cc1ccc(OC(=O)c2cnn(C)c2N)cc1. The van der Waals surface area contributed by atoms with Crippen LogP contribution in [0.25, 0.3) is 0 Å². The zero-order chi connectivity index (χ0) is 12.4. The van der Waals surface area contributed by atoms with Crippen molar-refractivity contribution in [3.8, 4) is 5.75 Å². The van der Waals surface area contributed by atoms with Crippen LogP contribution >= 0.6 is 0 Å². The average molecular weight is 231 g/mol. The lowest BCUT2D eigenvalue weighted by molar-refractivity contribution is 0.0736. The molecule has 5 heteroatoms. The summed E-state index contributed by atoms with van der Waals surface area (Å²) in [5.41, 5.74) is 7.05. The second kappa shape index (κ2) is 4.29. The van der Waals surface area contributed by atoms with Gasteiger partial charge < -0.3 is 10.5 Å². The van der Waals surface area contributed by atoms with Gasteiger partial charge in [0, 0.05) is 7.05 Å². The third-order valence-electron chi connectivity index (χ3n) is 2.44. The Morgan fingerprint density at radius 3 is 2.53 bits per heavy atom. The number of hydrogen-bond acceptors (Lipinski definition) is 4. The second-order valence-electron chi connectivity index (χ2n) is 3.77. The van der Waals surface area contributed by atoms with Gasteiger partial charge in [-0.05, 0) is 19.1 Å². The molecule has 1 heterocycles. The van der Waals surface area contributed by atoms with Crippen LogP contribution in [0.5, 0.6) is 5.75 Å². The van der Waals surface area contributed by atoms with Crippen LogP contribution in [0.3, 0.4) is 0 Å². The summed E-state index contributed by atoms with van der Waals surface area (Å²) in [5.74, 6) is 0.283. The van der Waals surface area contributed by atoms with Gasteiger partial charge in [-0.1, -0.05) is 17.7 Å². The van der Waals surface area contributed by atoms with Gasteiger partial charge in [-0.3, -0.25) is 4.68 Å². The molecule has 0 aliphatic rings. The number of nitrogen functional groups attached to an aromatic ring is 1. The summed E-state index contributed by atoms with van der Waals surface area (Å²) in [6.45, 7) is 1.96. The molecule has 0 bridgehead atoms. The molecule has 2 N–H and O–H groups in total. The molecule has 2 aromatic rings. The van der Waals surface area contributed by atoms with Crippen LogP contribution in [0, 0.1) is 6.92 Å². The summed E-state index contributed by atoms with van der Waals surface area (Å²) >= 11 is 0. The molecule has 0 unspecified atom stereocenters. The Morgan fingerprint density at radius 2 is 2.00 bits per heavy atom. The summed E-state index contributed by atoms with van der Waals surface area (Å²) in [5, 5.41) is 3.88. The maximum atomic E-state index is 11.8. The number of rotatable bonds is 2. The highest BCUT2D eigenvalue weighted by atomic mass is 16.5. The van der Waals surface area contributed by atoms with E-state index >= 15 is 0 Å². The smallest absolute Gasteiger partial charge is 0.348 e. The molecule has 0 saturated heterocycles. The van der Waals surface area contributed by atoms with Crippen molar-refractivity contribution in [2.75, 3.05) is 5.73 Å². The molecule has 0 saturated carbocycles. The molecule has 0 fully saturated rings. The predicted octanol–water partition coefficient (Wildman–Crippen LogP) is 1.53. The zero-order valence-corrected chi connectivity index (χ0v) is 9.68. The largest absolute Gasteiger partial charge is 0.423 e. The third kappa shape index (κ3) is 2.28. The predicted molar refractivity (Wildman–Crippen MR) is 63.8 cm³/mol. The number of nitrogens with two attached hydrogens (primary N) is 1. The maximum Gasteiger partial charge on any atom is 0.348 e. The summed E-state index contributed by atoms with van der Waals surface area (Å²) in [6.07, 6.45) is 1.39. The minimum absolute atomic E-state index is 0.271. The number of anilines is 1. The minimum Gasteiger partial charge on any atom is -0.423 e. The van der Waals surface area contributed by atoms with Gasteiger partial charge in [-0.2, -0.15) is 5.10 Å². The van der Waals surface area contributed by atoms with Crippen LogP contribution in [-0.4, -0.2) is 15.7 Å².